The lowest BCUT2D eigenvalue weighted by Gasteiger charge is -2.32. The van der Waals surface area contributed by atoms with Crippen molar-refractivity contribution >= 4 is 17.6 Å². The molecular weight excluding hydrogens is 338 g/mol. The molecule has 5 heteroatoms. The molecule has 1 saturated heterocycles. The summed E-state index contributed by atoms with van der Waals surface area (Å²) in [5.41, 5.74) is 4.15. The van der Waals surface area contributed by atoms with Crippen molar-refractivity contribution in [3.63, 3.8) is 0 Å². The molecule has 0 aromatic heterocycles. The highest BCUT2D eigenvalue weighted by Gasteiger charge is 2.28. The Morgan fingerprint density at radius 3 is 2.63 bits per heavy atom. The van der Waals surface area contributed by atoms with E-state index in [4.69, 9.17) is 0 Å². The molecule has 1 aliphatic heterocycles. The Balaban J connectivity index is 1.56. The van der Waals surface area contributed by atoms with Crippen LogP contribution in [0.2, 0.25) is 0 Å². The molecule has 2 aromatic carbocycles. The van der Waals surface area contributed by atoms with Gasteiger partial charge >= 0.3 is 6.03 Å². The molecule has 5 nitrogen and oxygen atoms in total. The van der Waals surface area contributed by atoms with E-state index in [1.165, 1.54) is 0 Å². The summed E-state index contributed by atoms with van der Waals surface area (Å²) in [7, 11) is 0. The number of amides is 3. The maximum atomic E-state index is 12.7. The van der Waals surface area contributed by atoms with Gasteiger partial charge < -0.3 is 15.5 Å². The Kier molecular flexibility index (Phi) is 6.12. The van der Waals surface area contributed by atoms with Crippen molar-refractivity contribution in [1.82, 2.24) is 10.2 Å². The number of likely N-dealkylation sites (tertiary alicyclic amines) is 1. The van der Waals surface area contributed by atoms with Gasteiger partial charge in [0, 0.05) is 25.3 Å². The molecule has 1 heterocycles. The summed E-state index contributed by atoms with van der Waals surface area (Å²) in [6.45, 7) is 5.68. The van der Waals surface area contributed by atoms with Crippen LogP contribution in [0.4, 0.5) is 10.5 Å². The molecule has 142 valence electrons. The molecule has 27 heavy (non-hydrogen) atoms. The van der Waals surface area contributed by atoms with E-state index in [0.29, 0.717) is 19.6 Å². The topological polar surface area (TPSA) is 61.4 Å². The Labute approximate surface area is 160 Å². The van der Waals surface area contributed by atoms with E-state index in [1.807, 2.05) is 62.4 Å². The van der Waals surface area contributed by atoms with Gasteiger partial charge in [0.25, 0.3) is 0 Å². The number of carbonyl (C=O) groups excluding carboxylic acids is 2. The lowest BCUT2D eigenvalue weighted by Crippen LogP contribution is -2.47. The number of anilines is 1. The summed E-state index contributed by atoms with van der Waals surface area (Å²) >= 11 is 0. The Bertz CT molecular complexity index is 804. The molecule has 0 spiro atoms. The minimum atomic E-state index is -0.180. The normalized spacial score (nSPS) is 16.7. The highest BCUT2D eigenvalue weighted by Crippen LogP contribution is 2.22. The van der Waals surface area contributed by atoms with E-state index in [2.05, 4.69) is 10.6 Å². The largest absolute Gasteiger partial charge is 0.334 e. The Morgan fingerprint density at radius 2 is 1.85 bits per heavy atom. The number of nitrogens with zero attached hydrogens (tertiary/aromatic N) is 1. The fourth-order valence-electron chi connectivity index (χ4n) is 3.38. The van der Waals surface area contributed by atoms with Gasteiger partial charge in [0.15, 0.2) is 0 Å². The van der Waals surface area contributed by atoms with Crippen molar-refractivity contribution in [2.24, 2.45) is 5.92 Å². The van der Waals surface area contributed by atoms with E-state index in [0.717, 1.165) is 35.2 Å². The first-order chi connectivity index (χ1) is 13.0. The number of urea groups is 1. The van der Waals surface area contributed by atoms with Crippen molar-refractivity contribution < 1.29 is 9.59 Å². The average molecular weight is 365 g/mol. The quantitative estimate of drug-likeness (QED) is 0.864. The molecule has 0 unspecified atom stereocenters. The smallest absolute Gasteiger partial charge is 0.317 e. The van der Waals surface area contributed by atoms with Crippen LogP contribution in [0.5, 0.6) is 0 Å². The van der Waals surface area contributed by atoms with Gasteiger partial charge in [-0.3, -0.25) is 4.79 Å². The maximum absolute atomic E-state index is 12.7. The lowest BCUT2D eigenvalue weighted by atomic mass is 9.97. The SMILES string of the molecule is Cc1cccc(NC(=O)[C@@H]2CCCN(C(=O)NCc3ccccc3)C2)c1C. The first-order valence-electron chi connectivity index (χ1n) is 9.48. The summed E-state index contributed by atoms with van der Waals surface area (Å²) in [6.07, 6.45) is 1.64. The molecule has 1 atom stereocenters. The summed E-state index contributed by atoms with van der Waals surface area (Å²) < 4.78 is 0. The van der Waals surface area contributed by atoms with Crippen molar-refractivity contribution in [3.8, 4) is 0 Å². The monoisotopic (exact) mass is 365 g/mol. The van der Waals surface area contributed by atoms with E-state index in [-0.39, 0.29) is 17.9 Å². The summed E-state index contributed by atoms with van der Waals surface area (Å²) in [5.74, 6) is -0.189. The predicted octanol–water partition coefficient (Wildman–Crippen LogP) is 3.86. The molecule has 1 aliphatic rings. The average Bonchev–Trinajstić information content (AvgIpc) is 2.70. The second-order valence-corrected chi connectivity index (χ2v) is 7.17. The van der Waals surface area contributed by atoms with Crippen LogP contribution in [0.25, 0.3) is 0 Å². The summed E-state index contributed by atoms with van der Waals surface area (Å²) in [6, 6.07) is 15.6. The third-order valence-electron chi connectivity index (χ3n) is 5.23. The van der Waals surface area contributed by atoms with E-state index in [1.54, 1.807) is 4.90 Å². The van der Waals surface area contributed by atoms with Crippen molar-refractivity contribution in [2.45, 2.75) is 33.2 Å². The second kappa shape index (κ2) is 8.71. The van der Waals surface area contributed by atoms with E-state index in [9.17, 15) is 9.59 Å². The van der Waals surface area contributed by atoms with Crippen LogP contribution in [0.3, 0.4) is 0 Å². The predicted molar refractivity (Wildman–Crippen MR) is 108 cm³/mol. The fourth-order valence-corrected chi connectivity index (χ4v) is 3.38. The highest BCUT2D eigenvalue weighted by molar-refractivity contribution is 5.94. The zero-order chi connectivity index (χ0) is 19.2. The van der Waals surface area contributed by atoms with Gasteiger partial charge in [0.05, 0.1) is 5.92 Å². The van der Waals surface area contributed by atoms with Gasteiger partial charge in [-0.1, -0.05) is 42.5 Å². The van der Waals surface area contributed by atoms with Crippen LogP contribution in [-0.4, -0.2) is 29.9 Å². The summed E-state index contributed by atoms with van der Waals surface area (Å²) in [4.78, 5) is 26.9. The minimum absolute atomic E-state index is 0.00995. The van der Waals surface area contributed by atoms with Crippen molar-refractivity contribution in [3.05, 3.63) is 65.2 Å². The van der Waals surface area contributed by atoms with Gasteiger partial charge in [-0.15, -0.1) is 0 Å². The number of benzene rings is 2. The van der Waals surface area contributed by atoms with Crippen LogP contribution in [0, 0.1) is 19.8 Å². The van der Waals surface area contributed by atoms with Gasteiger partial charge in [-0.2, -0.15) is 0 Å². The van der Waals surface area contributed by atoms with Crippen LogP contribution >= 0.6 is 0 Å². The standard InChI is InChI=1S/C22H27N3O2/c1-16-8-6-12-20(17(16)2)24-21(26)19-11-7-13-25(15-19)22(27)23-14-18-9-4-3-5-10-18/h3-6,8-10,12,19H,7,11,13-15H2,1-2H3,(H,23,27)(H,24,26)/t19-/m1/s1. The fraction of sp³-hybridized carbons (Fsp3) is 0.364. The first kappa shape index (κ1) is 19.0. The second-order valence-electron chi connectivity index (χ2n) is 7.17. The van der Waals surface area contributed by atoms with Gasteiger partial charge in [-0.25, -0.2) is 4.79 Å². The first-order valence-corrected chi connectivity index (χ1v) is 9.48. The Hall–Kier alpha value is -2.82. The van der Waals surface area contributed by atoms with Crippen molar-refractivity contribution in [1.29, 1.82) is 0 Å². The van der Waals surface area contributed by atoms with Crippen molar-refractivity contribution in [2.75, 3.05) is 18.4 Å². The molecular formula is C22H27N3O2. The van der Waals surface area contributed by atoms with E-state index < -0.39 is 0 Å². The number of hydrogen-bond donors (Lipinski definition) is 2. The third-order valence-corrected chi connectivity index (χ3v) is 5.23. The minimum Gasteiger partial charge on any atom is -0.334 e. The molecule has 0 radical (unpaired) electrons. The molecule has 0 aliphatic carbocycles. The number of rotatable bonds is 4. The van der Waals surface area contributed by atoms with Gasteiger partial charge in [0.1, 0.15) is 0 Å². The Morgan fingerprint density at radius 1 is 1.07 bits per heavy atom. The van der Waals surface area contributed by atoms with E-state index >= 15 is 0 Å². The highest BCUT2D eigenvalue weighted by atomic mass is 16.2. The number of piperidine rings is 1. The summed E-state index contributed by atoms with van der Waals surface area (Å²) in [5, 5.41) is 5.99. The van der Waals surface area contributed by atoms with Crippen LogP contribution in [0.1, 0.15) is 29.5 Å². The molecule has 1 fully saturated rings. The zero-order valence-electron chi connectivity index (χ0n) is 16.0. The molecule has 0 saturated carbocycles. The number of nitrogens with one attached hydrogen (secondary N) is 2. The molecule has 3 amide bonds. The maximum Gasteiger partial charge on any atom is 0.317 e. The molecule has 3 rings (SSSR count). The third kappa shape index (κ3) is 4.88. The molecule has 0 bridgehead atoms. The van der Waals surface area contributed by atoms with Gasteiger partial charge in [0.2, 0.25) is 5.91 Å². The number of hydrogen-bond acceptors (Lipinski definition) is 2. The number of carbonyl (C=O) groups is 2. The van der Waals surface area contributed by atoms with Gasteiger partial charge in [-0.05, 0) is 49.4 Å². The van der Waals surface area contributed by atoms with Crippen LogP contribution < -0.4 is 10.6 Å². The lowest BCUT2D eigenvalue weighted by molar-refractivity contribution is -0.121. The number of aryl methyl sites for hydroxylation is 1. The molecule has 2 N–H and O–H groups in total. The molecule has 2 aromatic rings. The van der Waals surface area contributed by atoms with Crippen LogP contribution in [0.15, 0.2) is 48.5 Å². The van der Waals surface area contributed by atoms with Crippen LogP contribution in [-0.2, 0) is 11.3 Å². The zero-order valence-corrected chi connectivity index (χ0v) is 16.0.